The van der Waals surface area contributed by atoms with Gasteiger partial charge in [-0.25, -0.2) is 0 Å². The van der Waals surface area contributed by atoms with Crippen LogP contribution in [0.25, 0.3) is 0 Å². The Morgan fingerprint density at radius 3 is 3.00 bits per heavy atom. The third-order valence-corrected chi connectivity index (χ3v) is 5.81. The molecule has 102 valence electrons. The van der Waals surface area contributed by atoms with Gasteiger partial charge in [0.05, 0.1) is 19.3 Å². The predicted molar refractivity (Wildman–Crippen MR) is 80.2 cm³/mol. The molecule has 1 aromatic rings. The average molecular weight is 333 g/mol. The monoisotopic (exact) mass is 332 g/mol. The smallest absolute Gasteiger partial charge is 0.0622 e. The Bertz CT molecular complexity index is 377. The number of thiophene rings is 1. The molecule has 0 spiro atoms. The second kappa shape index (κ2) is 6.48. The highest BCUT2D eigenvalue weighted by molar-refractivity contribution is 9.10. The summed E-state index contributed by atoms with van der Waals surface area (Å²) in [6.07, 6.45) is 1.11. The fourth-order valence-corrected chi connectivity index (χ4v) is 4.19. The molecule has 1 aliphatic heterocycles. The van der Waals surface area contributed by atoms with Crippen LogP contribution in [0.4, 0.5) is 0 Å². The van der Waals surface area contributed by atoms with Crippen molar-refractivity contribution >= 4 is 27.3 Å². The molecule has 1 aromatic heterocycles. The van der Waals surface area contributed by atoms with Crippen molar-refractivity contribution in [1.29, 1.82) is 0 Å². The van der Waals surface area contributed by atoms with Crippen molar-refractivity contribution in [1.82, 2.24) is 4.90 Å². The summed E-state index contributed by atoms with van der Waals surface area (Å²) in [5.41, 5.74) is 6.02. The number of aryl methyl sites for hydroxylation is 1. The summed E-state index contributed by atoms with van der Waals surface area (Å²) in [7, 11) is 0. The van der Waals surface area contributed by atoms with E-state index >= 15 is 0 Å². The van der Waals surface area contributed by atoms with Crippen LogP contribution in [0.2, 0.25) is 0 Å². The van der Waals surface area contributed by atoms with Crippen LogP contribution in [0.3, 0.4) is 0 Å². The molecule has 2 heterocycles. The Morgan fingerprint density at radius 2 is 2.44 bits per heavy atom. The van der Waals surface area contributed by atoms with E-state index in [2.05, 4.69) is 40.7 Å². The van der Waals surface area contributed by atoms with Gasteiger partial charge in [-0.05, 0) is 35.3 Å². The Morgan fingerprint density at radius 1 is 1.67 bits per heavy atom. The highest BCUT2D eigenvalue weighted by atomic mass is 79.9. The number of halogens is 1. The van der Waals surface area contributed by atoms with Gasteiger partial charge in [0.2, 0.25) is 0 Å². The first-order valence-corrected chi connectivity index (χ1v) is 8.07. The standard InChI is InChI=1S/C13H21BrN2OS/c1-3-10-8-17-5-4-16(10)12(7-15)13-6-11(14)9(2)18-13/h6,10,12H,3-5,7-8,15H2,1-2H3. The summed E-state index contributed by atoms with van der Waals surface area (Å²) in [6.45, 7) is 7.66. The molecule has 2 N–H and O–H groups in total. The van der Waals surface area contributed by atoms with E-state index in [1.54, 1.807) is 0 Å². The molecule has 1 saturated heterocycles. The molecule has 0 aliphatic carbocycles. The van der Waals surface area contributed by atoms with Crippen molar-refractivity contribution in [3.63, 3.8) is 0 Å². The molecular formula is C13H21BrN2OS. The molecule has 5 heteroatoms. The Kier molecular flexibility index (Phi) is 5.21. The lowest BCUT2D eigenvalue weighted by Gasteiger charge is -2.40. The van der Waals surface area contributed by atoms with E-state index < -0.39 is 0 Å². The normalized spacial score (nSPS) is 23.2. The van der Waals surface area contributed by atoms with E-state index in [1.165, 1.54) is 14.2 Å². The first-order valence-electron chi connectivity index (χ1n) is 6.46. The molecule has 0 saturated carbocycles. The van der Waals surface area contributed by atoms with Gasteiger partial charge in [-0.3, -0.25) is 4.90 Å². The summed E-state index contributed by atoms with van der Waals surface area (Å²) in [5, 5.41) is 0. The molecule has 1 aliphatic rings. The van der Waals surface area contributed by atoms with Crippen LogP contribution < -0.4 is 5.73 Å². The third kappa shape index (κ3) is 2.96. The molecule has 1 fully saturated rings. The largest absolute Gasteiger partial charge is 0.378 e. The molecule has 2 unspecified atom stereocenters. The highest BCUT2D eigenvalue weighted by Crippen LogP contribution is 2.34. The summed E-state index contributed by atoms with van der Waals surface area (Å²) in [6, 6.07) is 3.04. The second-order valence-electron chi connectivity index (χ2n) is 4.68. The van der Waals surface area contributed by atoms with Gasteiger partial charge in [0.1, 0.15) is 0 Å². The van der Waals surface area contributed by atoms with E-state index in [9.17, 15) is 0 Å². The highest BCUT2D eigenvalue weighted by Gasteiger charge is 2.29. The Hall–Kier alpha value is 0.0600. The minimum atomic E-state index is 0.328. The fourth-order valence-electron chi connectivity index (χ4n) is 2.49. The number of nitrogens with two attached hydrogens (primary N) is 1. The number of hydrogen-bond donors (Lipinski definition) is 1. The van der Waals surface area contributed by atoms with E-state index in [0.717, 1.165) is 26.2 Å². The number of morpholine rings is 1. The maximum absolute atomic E-state index is 6.02. The number of nitrogens with zero attached hydrogens (tertiary/aromatic N) is 1. The molecule has 18 heavy (non-hydrogen) atoms. The lowest BCUT2D eigenvalue weighted by molar-refractivity contribution is -0.0284. The van der Waals surface area contributed by atoms with Crippen molar-refractivity contribution < 1.29 is 4.74 Å². The lowest BCUT2D eigenvalue weighted by Crippen LogP contribution is -2.48. The molecule has 0 bridgehead atoms. The number of ether oxygens (including phenoxy) is 1. The van der Waals surface area contributed by atoms with E-state index in [-0.39, 0.29) is 0 Å². The quantitative estimate of drug-likeness (QED) is 0.921. The van der Waals surface area contributed by atoms with Crippen LogP contribution in [0.1, 0.15) is 29.1 Å². The van der Waals surface area contributed by atoms with Gasteiger partial charge in [-0.15, -0.1) is 11.3 Å². The molecule has 2 rings (SSSR count). The Balaban J connectivity index is 2.21. The van der Waals surface area contributed by atoms with Crippen LogP contribution >= 0.6 is 27.3 Å². The van der Waals surface area contributed by atoms with Gasteiger partial charge in [0.25, 0.3) is 0 Å². The topological polar surface area (TPSA) is 38.5 Å². The summed E-state index contributed by atoms with van der Waals surface area (Å²) >= 11 is 5.44. The average Bonchev–Trinajstić information content (AvgIpc) is 2.71. The first-order chi connectivity index (χ1) is 8.67. The molecule has 2 atom stereocenters. The second-order valence-corrected chi connectivity index (χ2v) is 6.82. The number of rotatable bonds is 4. The molecule has 3 nitrogen and oxygen atoms in total. The number of hydrogen-bond acceptors (Lipinski definition) is 4. The van der Waals surface area contributed by atoms with E-state index in [4.69, 9.17) is 10.5 Å². The van der Waals surface area contributed by atoms with Crippen LogP contribution in [-0.4, -0.2) is 37.2 Å². The summed E-state index contributed by atoms with van der Waals surface area (Å²) < 4.78 is 6.77. The van der Waals surface area contributed by atoms with Crippen molar-refractivity contribution in [2.24, 2.45) is 5.73 Å². The van der Waals surface area contributed by atoms with Gasteiger partial charge in [-0.2, -0.15) is 0 Å². The minimum absolute atomic E-state index is 0.328. The van der Waals surface area contributed by atoms with Gasteiger partial charge < -0.3 is 10.5 Å². The first kappa shape index (κ1) is 14.5. The summed E-state index contributed by atoms with van der Waals surface area (Å²) in [4.78, 5) is 5.20. The van der Waals surface area contributed by atoms with Crippen LogP contribution in [0.5, 0.6) is 0 Å². The zero-order valence-corrected chi connectivity index (χ0v) is 13.4. The van der Waals surface area contributed by atoms with Crippen molar-refractivity contribution in [2.45, 2.75) is 32.4 Å². The van der Waals surface area contributed by atoms with Crippen LogP contribution in [0, 0.1) is 6.92 Å². The maximum Gasteiger partial charge on any atom is 0.0622 e. The minimum Gasteiger partial charge on any atom is -0.378 e. The zero-order valence-electron chi connectivity index (χ0n) is 11.0. The van der Waals surface area contributed by atoms with Crippen molar-refractivity contribution in [3.05, 3.63) is 20.3 Å². The SMILES string of the molecule is CCC1COCCN1C(CN)c1cc(Br)c(C)s1. The predicted octanol–water partition coefficient (Wildman–Crippen LogP) is 2.93. The van der Waals surface area contributed by atoms with Gasteiger partial charge in [-0.1, -0.05) is 6.92 Å². The third-order valence-electron chi connectivity index (χ3n) is 3.57. The fraction of sp³-hybridized carbons (Fsp3) is 0.692. The van der Waals surface area contributed by atoms with Gasteiger partial charge >= 0.3 is 0 Å². The van der Waals surface area contributed by atoms with Crippen LogP contribution in [0.15, 0.2) is 10.5 Å². The van der Waals surface area contributed by atoms with Gasteiger partial charge in [0, 0.05) is 33.4 Å². The zero-order chi connectivity index (χ0) is 13.1. The van der Waals surface area contributed by atoms with E-state index in [1.807, 2.05) is 11.3 Å². The van der Waals surface area contributed by atoms with Crippen molar-refractivity contribution in [2.75, 3.05) is 26.3 Å². The van der Waals surface area contributed by atoms with Crippen LogP contribution in [-0.2, 0) is 4.74 Å². The summed E-state index contributed by atoms with van der Waals surface area (Å²) in [5.74, 6) is 0. The molecule has 0 radical (unpaired) electrons. The van der Waals surface area contributed by atoms with E-state index in [0.29, 0.717) is 18.6 Å². The van der Waals surface area contributed by atoms with Gasteiger partial charge in [0.15, 0.2) is 0 Å². The van der Waals surface area contributed by atoms with Crippen molar-refractivity contribution in [3.8, 4) is 0 Å². The molecule has 0 amide bonds. The lowest BCUT2D eigenvalue weighted by atomic mass is 10.1. The Labute approximate surface area is 121 Å². The molecule has 0 aromatic carbocycles. The molecular weight excluding hydrogens is 312 g/mol. The maximum atomic E-state index is 6.02.